The van der Waals surface area contributed by atoms with Gasteiger partial charge in [0.15, 0.2) is 0 Å². The van der Waals surface area contributed by atoms with Crippen LogP contribution in [0.15, 0.2) is 0 Å². The lowest BCUT2D eigenvalue weighted by Gasteiger charge is -2.27. The Kier molecular flexibility index (Phi) is 6.89. The molecule has 3 amide bonds. The predicted molar refractivity (Wildman–Crippen MR) is 70.2 cm³/mol. The summed E-state index contributed by atoms with van der Waals surface area (Å²) in [5.74, 6) is -1.85. The van der Waals surface area contributed by atoms with Gasteiger partial charge in [0.05, 0.1) is 6.61 Å². The molecule has 0 aliphatic carbocycles. The number of rotatable bonds is 6. The monoisotopic (exact) mass is 273 g/mol. The van der Waals surface area contributed by atoms with E-state index in [-0.39, 0.29) is 19.7 Å². The highest BCUT2D eigenvalue weighted by molar-refractivity contribution is 5.98. The number of carbonyl (C=O) groups is 3. The summed E-state index contributed by atoms with van der Waals surface area (Å²) in [6.07, 6.45) is 0. The van der Waals surface area contributed by atoms with Gasteiger partial charge in [-0.2, -0.15) is 0 Å². The lowest BCUT2D eigenvalue weighted by atomic mass is 9.80. The molecule has 110 valence electrons. The van der Waals surface area contributed by atoms with Crippen molar-refractivity contribution in [3.8, 4) is 0 Å². The van der Waals surface area contributed by atoms with Crippen LogP contribution in [0, 0.1) is 11.3 Å². The zero-order valence-electron chi connectivity index (χ0n) is 11.9. The van der Waals surface area contributed by atoms with Crippen molar-refractivity contribution < 1.29 is 19.1 Å². The third kappa shape index (κ3) is 6.64. The Hall–Kier alpha value is -1.79. The molecule has 19 heavy (non-hydrogen) atoms. The molecule has 1 atom stereocenters. The Morgan fingerprint density at radius 3 is 2.11 bits per heavy atom. The van der Waals surface area contributed by atoms with Crippen LogP contribution in [0.3, 0.4) is 0 Å². The molecule has 0 bridgehead atoms. The van der Waals surface area contributed by atoms with Gasteiger partial charge in [-0.1, -0.05) is 20.8 Å². The van der Waals surface area contributed by atoms with Crippen molar-refractivity contribution in [1.29, 1.82) is 0 Å². The summed E-state index contributed by atoms with van der Waals surface area (Å²) in [6.45, 7) is 7.68. The number of hydrogen-bond acceptors (Lipinski definition) is 4. The lowest BCUT2D eigenvalue weighted by molar-refractivity contribution is -0.156. The molecule has 0 saturated heterocycles. The smallest absolute Gasteiger partial charge is 0.319 e. The third-order valence-electron chi connectivity index (χ3n) is 2.37. The SMILES string of the molecule is CCOC(=O)C(C(=O)NCCNC(N)=O)C(C)(C)C. The first-order valence-corrected chi connectivity index (χ1v) is 6.17. The molecule has 4 N–H and O–H groups in total. The van der Waals surface area contributed by atoms with Crippen LogP contribution in [0.4, 0.5) is 4.79 Å². The average molecular weight is 273 g/mol. The molecule has 0 aromatic carbocycles. The van der Waals surface area contributed by atoms with Gasteiger partial charge in [0, 0.05) is 13.1 Å². The number of nitrogens with two attached hydrogens (primary N) is 1. The van der Waals surface area contributed by atoms with Gasteiger partial charge in [-0.3, -0.25) is 9.59 Å². The Morgan fingerprint density at radius 2 is 1.68 bits per heavy atom. The predicted octanol–water partition coefficient (Wildman–Crippen LogP) is -0.00370. The minimum atomic E-state index is -0.888. The fraction of sp³-hybridized carbons (Fsp3) is 0.750. The molecule has 0 aromatic rings. The van der Waals surface area contributed by atoms with E-state index in [2.05, 4.69) is 10.6 Å². The van der Waals surface area contributed by atoms with E-state index in [1.54, 1.807) is 27.7 Å². The van der Waals surface area contributed by atoms with Crippen LogP contribution in [-0.2, 0) is 14.3 Å². The fourth-order valence-electron chi connectivity index (χ4n) is 1.55. The quantitative estimate of drug-likeness (QED) is 0.359. The van der Waals surface area contributed by atoms with Crippen molar-refractivity contribution in [3.05, 3.63) is 0 Å². The summed E-state index contributed by atoms with van der Waals surface area (Å²) in [4.78, 5) is 34.2. The van der Waals surface area contributed by atoms with E-state index in [0.717, 1.165) is 0 Å². The van der Waals surface area contributed by atoms with Crippen molar-refractivity contribution in [1.82, 2.24) is 10.6 Å². The van der Waals surface area contributed by atoms with E-state index in [4.69, 9.17) is 10.5 Å². The van der Waals surface area contributed by atoms with Crippen molar-refractivity contribution >= 4 is 17.9 Å². The van der Waals surface area contributed by atoms with Crippen LogP contribution >= 0.6 is 0 Å². The van der Waals surface area contributed by atoms with Gasteiger partial charge in [-0.15, -0.1) is 0 Å². The number of primary amides is 1. The van der Waals surface area contributed by atoms with E-state index >= 15 is 0 Å². The van der Waals surface area contributed by atoms with Crippen LogP contribution in [-0.4, -0.2) is 37.6 Å². The highest BCUT2D eigenvalue weighted by atomic mass is 16.5. The van der Waals surface area contributed by atoms with Crippen LogP contribution in [0.1, 0.15) is 27.7 Å². The number of carbonyl (C=O) groups excluding carboxylic acids is 3. The maximum Gasteiger partial charge on any atom is 0.319 e. The Balaban J connectivity index is 4.48. The first-order chi connectivity index (χ1) is 8.70. The number of esters is 1. The van der Waals surface area contributed by atoms with Crippen molar-refractivity contribution in [3.63, 3.8) is 0 Å². The first kappa shape index (κ1) is 17.2. The maximum atomic E-state index is 12.0. The second-order valence-corrected chi connectivity index (χ2v) is 5.13. The highest BCUT2D eigenvalue weighted by Gasteiger charge is 2.38. The Labute approximate surface area is 113 Å². The minimum Gasteiger partial charge on any atom is -0.465 e. The fourth-order valence-corrected chi connectivity index (χ4v) is 1.55. The number of nitrogens with one attached hydrogen (secondary N) is 2. The average Bonchev–Trinajstić information content (AvgIpc) is 2.22. The second-order valence-electron chi connectivity index (χ2n) is 5.13. The molecule has 0 aromatic heterocycles. The second kappa shape index (κ2) is 7.60. The standard InChI is InChI=1S/C12H23N3O4/c1-5-19-10(17)8(12(2,3)4)9(16)14-6-7-15-11(13)18/h8H,5-7H2,1-4H3,(H,14,16)(H3,13,15,18). The summed E-state index contributed by atoms with van der Waals surface area (Å²) >= 11 is 0. The van der Waals surface area contributed by atoms with E-state index in [1.165, 1.54) is 0 Å². The van der Waals surface area contributed by atoms with Gasteiger partial charge in [0.1, 0.15) is 5.92 Å². The number of amides is 3. The molecule has 0 aliphatic heterocycles. The zero-order chi connectivity index (χ0) is 15.1. The van der Waals surface area contributed by atoms with Crippen molar-refractivity contribution in [2.45, 2.75) is 27.7 Å². The van der Waals surface area contributed by atoms with Crippen LogP contribution in [0.2, 0.25) is 0 Å². The number of hydrogen-bond donors (Lipinski definition) is 3. The van der Waals surface area contributed by atoms with Gasteiger partial charge in [0.25, 0.3) is 0 Å². The number of ether oxygens (including phenoxy) is 1. The molecule has 0 radical (unpaired) electrons. The Morgan fingerprint density at radius 1 is 1.16 bits per heavy atom. The van der Waals surface area contributed by atoms with Crippen LogP contribution in [0.25, 0.3) is 0 Å². The summed E-state index contributed by atoms with van der Waals surface area (Å²) in [7, 11) is 0. The molecule has 0 saturated carbocycles. The molecular formula is C12H23N3O4. The summed E-state index contributed by atoms with van der Waals surface area (Å²) in [6, 6.07) is -0.660. The summed E-state index contributed by atoms with van der Waals surface area (Å²) in [5.41, 5.74) is 4.34. The zero-order valence-corrected chi connectivity index (χ0v) is 11.9. The molecule has 0 fully saturated rings. The van der Waals surface area contributed by atoms with Crippen LogP contribution in [0.5, 0.6) is 0 Å². The normalized spacial score (nSPS) is 12.4. The van der Waals surface area contributed by atoms with Crippen molar-refractivity contribution in [2.24, 2.45) is 17.1 Å². The van der Waals surface area contributed by atoms with Gasteiger partial charge in [-0.25, -0.2) is 4.79 Å². The Bertz CT molecular complexity index is 336. The maximum absolute atomic E-state index is 12.0. The number of urea groups is 1. The third-order valence-corrected chi connectivity index (χ3v) is 2.37. The van der Waals surface area contributed by atoms with E-state index < -0.39 is 29.2 Å². The highest BCUT2D eigenvalue weighted by Crippen LogP contribution is 2.27. The summed E-state index contributed by atoms with van der Waals surface area (Å²) in [5, 5.41) is 4.91. The molecule has 7 heteroatoms. The molecule has 1 unspecified atom stereocenters. The largest absolute Gasteiger partial charge is 0.465 e. The minimum absolute atomic E-state index is 0.202. The van der Waals surface area contributed by atoms with Crippen LogP contribution < -0.4 is 16.4 Å². The molecule has 0 rings (SSSR count). The van der Waals surface area contributed by atoms with Gasteiger partial charge < -0.3 is 21.1 Å². The summed E-state index contributed by atoms with van der Waals surface area (Å²) < 4.78 is 4.91. The molecular weight excluding hydrogens is 250 g/mol. The molecule has 0 heterocycles. The lowest BCUT2D eigenvalue weighted by Crippen LogP contribution is -2.46. The van der Waals surface area contributed by atoms with E-state index in [1.807, 2.05) is 0 Å². The molecule has 0 aliphatic rings. The van der Waals surface area contributed by atoms with E-state index in [9.17, 15) is 14.4 Å². The molecule has 7 nitrogen and oxygen atoms in total. The molecule has 0 spiro atoms. The van der Waals surface area contributed by atoms with Crippen molar-refractivity contribution in [2.75, 3.05) is 19.7 Å². The van der Waals surface area contributed by atoms with E-state index in [0.29, 0.717) is 0 Å². The van der Waals surface area contributed by atoms with Gasteiger partial charge in [-0.05, 0) is 12.3 Å². The van der Waals surface area contributed by atoms with Gasteiger partial charge >= 0.3 is 12.0 Å². The topological polar surface area (TPSA) is 111 Å². The first-order valence-electron chi connectivity index (χ1n) is 6.17. The van der Waals surface area contributed by atoms with Gasteiger partial charge in [0.2, 0.25) is 5.91 Å².